The maximum absolute atomic E-state index is 6.73. The quantitative estimate of drug-likeness (QED) is 0.571. The lowest BCUT2D eigenvalue weighted by Gasteiger charge is -2.51. The van der Waals surface area contributed by atoms with Gasteiger partial charge in [-0.3, -0.25) is 4.90 Å². The van der Waals surface area contributed by atoms with E-state index in [0.717, 1.165) is 66.0 Å². The molecule has 1 N–H and O–H groups in total. The van der Waals surface area contributed by atoms with Gasteiger partial charge in [0.25, 0.3) is 0 Å². The summed E-state index contributed by atoms with van der Waals surface area (Å²) < 4.78 is 12.6. The molecule has 1 spiro atoms. The molecular weight excluding hydrogens is 422 g/mol. The molecule has 0 saturated carbocycles. The van der Waals surface area contributed by atoms with Crippen LogP contribution in [0.15, 0.2) is 71.2 Å². The number of fused-ring (bicyclic) bond motifs is 4. The molecule has 4 heterocycles. The maximum atomic E-state index is 6.73. The summed E-state index contributed by atoms with van der Waals surface area (Å²) in [5.74, 6) is 2.66. The zero-order valence-electron chi connectivity index (χ0n) is 18.1. The summed E-state index contributed by atoms with van der Waals surface area (Å²) in [7, 11) is 0. The van der Waals surface area contributed by atoms with Gasteiger partial charge in [-0.25, -0.2) is 0 Å². The van der Waals surface area contributed by atoms with Crippen LogP contribution in [0.5, 0.6) is 5.75 Å². The number of ether oxygens (including phenoxy) is 1. The van der Waals surface area contributed by atoms with Crippen molar-refractivity contribution >= 4 is 17.3 Å². The highest BCUT2D eigenvalue weighted by Gasteiger charge is 2.51. The highest BCUT2D eigenvalue weighted by molar-refractivity contribution is 6.30. The van der Waals surface area contributed by atoms with Gasteiger partial charge in [-0.15, -0.1) is 0 Å². The van der Waals surface area contributed by atoms with Crippen LogP contribution in [0.3, 0.4) is 0 Å². The van der Waals surface area contributed by atoms with Crippen LogP contribution in [0.2, 0.25) is 5.02 Å². The third-order valence-electron chi connectivity index (χ3n) is 6.77. The minimum absolute atomic E-state index is 0.0403. The number of likely N-dealkylation sites (tertiary alicyclic amines) is 1. The number of furan rings is 1. The first kappa shape index (κ1) is 19.9. The molecule has 1 fully saturated rings. The van der Waals surface area contributed by atoms with E-state index >= 15 is 0 Å². The number of piperidine rings is 1. The number of benzene rings is 2. The first-order valence-electron chi connectivity index (χ1n) is 11.2. The lowest BCUT2D eigenvalue weighted by Crippen LogP contribution is -2.63. The van der Waals surface area contributed by atoms with Gasteiger partial charge in [0.05, 0.1) is 11.7 Å². The van der Waals surface area contributed by atoms with Crippen molar-refractivity contribution in [1.82, 2.24) is 15.3 Å². The Balaban J connectivity index is 1.29. The van der Waals surface area contributed by atoms with Gasteiger partial charge in [0.1, 0.15) is 11.5 Å². The average molecular weight is 448 g/mol. The summed E-state index contributed by atoms with van der Waals surface area (Å²) in [6.07, 6.45) is 4.04. The van der Waals surface area contributed by atoms with Crippen LogP contribution >= 0.6 is 11.6 Å². The van der Waals surface area contributed by atoms with Crippen molar-refractivity contribution in [1.29, 1.82) is 0 Å². The topological polar surface area (TPSA) is 40.9 Å². The molecule has 5 nitrogen and oxygen atoms in total. The molecule has 6 heteroatoms. The van der Waals surface area contributed by atoms with Crippen LogP contribution < -0.4 is 10.2 Å². The molecular formula is C26H26ClN3O2. The Morgan fingerprint density at radius 2 is 1.88 bits per heavy atom. The molecule has 3 aromatic rings. The van der Waals surface area contributed by atoms with E-state index in [1.165, 1.54) is 5.56 Å². The van der Waals surface area contributed by atoms with Crippen molar-refractivity contribution in [3.63, 3.8) is 0 Å². The second-order valence-electron chi connectivity index (χ2n) is 8.91. The van der Waals surface area contributed by atoms with Gasteiger partial charge in [-0.1, -0.05) is 41.9 Å². The van der Waals surface area contributed by atoms with E-state index < -0.39 is 5.72 Å². The fraction of sp³-hybridized carbons (Fsp3) is 0.308. The zero-order valence-corrected chi connectivity index (χ0v) is 18.8. The van der Waals surface area contributed by atoms with Crippen LogP contribution in [0.4, 0.5) is 0 Å². The van der Waals surface area contributed by atoms with E-state index in [-0.39, 0.29) is 6.04 Å². The van der Waals surface area contributed by atoms with Crippen molar-refractivity contribution in [2.24, 2.45) is 0 Å². The minimum Gasteiger partial charge on any atom is -0.470 e. The normalized spacial score (nSPS) is 22.1. The van der Waals surface area contributed by atoms with Crippen LogP contribution in [-0.2, 0) is 6.54 Å². The Morgan fingerprint density at radius 1 is 1.06 bits per heavy atom. The molecule has 3 aliphatic rings. The van der Waals surface area contributed by atoms with Gasteiger partial charge in [0.2, 0.25) is 0 Å². The number of halogens is 1. The van der Waals surface area contributed by atoms with Crippen molar-refractivity contribution in [3.8, 4) is 5.75 Å². The molecule has 0 bridgehead atoms. The molecule has 1 atom stereocenters. The molecule has 2 aromatic carbocycles. The summed E-state index contributed by atoms with van der Waals surface area (Å²) >= 11 is 6.36. The smallest absolute Gasteiger partial charge is 0.182 e. The van der Waals surface area contributed by atoms with Gasteiger partial charge in [0, 0.05) is 43.1 Å². The van der Waals surface area contributed by atoms with Gasteiger partial charge in [-0.05, 0) is 48.9 Å². The molecule has 1 unspecified atom stereocenters. The van der Waals surface area contributed by atoms with Gasteiger partial charge in [0.15, 0.2) is 11.5 Å². The lowest BCUT2D eigenvalue weighted by molar-refractivity contribution is -0.160. The average Bonchev–Trinajstić information content (AvgIpc) is 3.44. The van der Waals surface area contributed by atoms with Crippen LogP contribution in [-0.4, -0.2) is 28.7 Å². The van der Waals surface area contributed by atoms with E-state index in [0.29, 0.717) is 0 Å². The van der Waals surface area contributed by atoms with E-state index in [9.17, 15) is 0 Å². The number of hydrogen-bond donors (Lipinski definition) is 1. The second kappa shape index (κ2) is 7.69. The Bertz CT molecular complexity index is 1160. The number of nitrogens with zero attached hydrogens (tertiary/aromatic N) is 2. The van der Waals surface area contributed by atoms with E-state index in [4.69, 9.17) is 20.8 Å². The fourth-order valence-corrected chi connectivity index (χ4v) is 5.29. The van der Waals surface area contributed by atoms with Crippen molar-refractivity contribution in [2.75, 3.05) is 13.1 Å². The first-order valence-corrected chi connectivity index (χ1v) is 11.6. The Hall–Kier alpha value is -2.73. The number of hydrogen-bond acceptors (Lipinski definition) is 5. The SMILES string of the molecule is Cc1ccc(C2=CC3c4cc(Cl)ccc4OC4(CCN(Cc5ccccc5)CC4)N3N2)o1. The Kier molecular flexibility index (Phi) is 4.79. The predicted molar refractivity (Wildman–Crippen MR) is 125 cm³/mol. The molecule has 6 rings (SSSR count). The van der Waals surface area contributed by atoms with Crippen molar-refractivity contribution in [2.45, 2.75) is 38.1 Å². The second-order valence-corrected chi connectivity index (χ2v) is 9.35. The van der Waals surface area contributed by atoms with E-state index in [1.54, 1.807) is 0 Å². The number of nitrogens with one attached hydrogen (secondary N) is 1. The third kappa shape index (κ3) is 3.41. The third-order valence-corrected chi connectivity index (χ3v) is 7.00. The summed E-state index contributed by atoms with van der Waals surface area (Å²) in [4.78, 5) is 2.51. The first-order chi connectivity index (χ1) is 15.6. The predicted octanol–water partition coefficient (Wildman–Crippen LogP) is 5.53. The standard InChI is InChI=1S/C26H26ClN3O2/c1-18-7-9-25(31-18)22-16-23-21-15-20(27)8-10-24(21)32-26(30(23)28-22)11-13-29(14-12-26)17-19-5-3-2-4-6-19/h2-10,15-16,23,28H,11-14,17H2,1H3. The zero-order chi connectivity index (χ0) is 21.7. The van der Waals surface area contributed by atoms with Gasteiger partial charge < -0.3 is 14.6 Å². The number of rotatable bonds is 3. The van der Waals surface area contributed by atoms with Crippen molar-refractivity contribution < 1.29 is 9.15 Å². The molecule has 0 amide bonds. The van der Waals surface area contributed by atoms with Crippen molar-refractivity contribution in [3.05, 3.63) is 94.4 Å². The Labute approximate surface area is 193 Å². The van der Waals surface area contributed by atoms with Gasteiger partial charge in [-0.2, -0.15) is 5.01 Å². The highest BCUT2D eigenvalue weighted by Crippen LogP contribution is 2.49. The monoisotopic (exact) mass is 447 g/mol. The molecule has 3 aliphatic heterocycles. The molecule has 0 aliphatic carbocycles. The minimum atomic E-state index is -0.418. The maximum Gasteiger partial charge on any atom is 0.182 e. The molecule has 1 saturated heterocycles. The van der Waals surface area contributed by atoms with Crippen LogP contribution in [0.1, 0.15) is 41.5 Å². The molecule has 164 valence electrons. The summed E-state index contributed by atoms with van der Waals surface area (Å²) in [5.41, 5.74) is 6.61. The Morgan fingerprint density at radius 3 is 2.62 bits per heavy atom. The summed E-state index contributed by atoms with van der Waals surface area (Å²) in [5, 5.41) is 3.00. The molecule has 0 radical (unpaired) electrons. The number of aryl methyl sites for hydroxylation is 1. The highest BCUT2D eigenvalue weighted by atomic mass is 35.5. The fourth-order valence-electron chi connectivity index (χ4n) is 5.11. The van der Waals surface area contributed by atoms with E-state index in [2.05, 4.69) is 51.7 Å². The largest absolute Gasteiger partial charge is 0.470 e. The molecule has 32 heavy (non-hydrogen) atoms. The summed E-state index contributed by atoms with van der Waals surface area (Å²) in [6, 6.07) is 20.7. The lowest BCUT2D eigenvalue weighted by atomic mass is 9.92. The van der Waals surface area contributed by atoms with Crippen LogP contribution in [0.25, 0.3) is 5.70 Å². The van der Waals surface area contributed by atoms with Crippen LogP contribution in [0, 0.1) is 6.92 Å². The molecule has 1 aromatic heterocycles. The van der Waals surface area contributed by atoms with E-state index in [1.807, 2.05) is 37.3 Å². The summed E-state index contributed by atoms with van der Waals surface area (Å²) in [6.45, 7) is 4.87. The van der Waals surface area contributed by atoms with Gasteiger partial charge >= 0.3 is 0 Å². The number of hydrazine groups is 1.